The maximum Gasteiger partial charge on any atom is 0.266 e. The Bertz CT molecular complexity index is 968. The van der Waals surface area contributed by atoms with Crippen LogP contribution in [0.1, 0.15) is 25.0 Å². The molecule has 1 heterocycles. The van der Waals surface area contributed by atoms with Gasteiger partial charge in [0.2, 0.25) is 0 Å². The number of amides is 2. The quantitative estimate of drug-likeness (QED) is 0.539. The lowest BCUT2D eigenvalue weighted by Gasteiger charge is -2.18. The molecule has 1 N–H and O–H groups in total. The van der Waals surface area contributed by atoms with Crippen LogP contribution in [0.15, 0.2) is 53.4 Å². The van der Waals surface area contributed by atoms with Crippen LogP contribution in [0.4, 0.5) is 5.69 Å². The smallest absolute Gasteiger partial charge is 0.266 e. The second-order valence-corrected chi connectivity index (χ2v) is 8.60. The highest BCUT2D eigenvalue weighted by Crippen LogP contribution is 2.34. The van der Waals surface area contributed by atoms with Gasteiger partial charge in [-0.05, 0) is 62.2 Å². The van der Waals surface area contributed by atoms with Gasteiger partial charge in [0.05, 0.1) is 4.91 Å². The van der Waals surface area contributed by atoms with E-state index in [0.717, 1.165) is 16.8 Å². The van der Waals surface area contributed by atoms with Crippen LogP contribution in [0, 0.1) is 6.92 Å². The number of nitrogens with zero attached hydrogens (tertiary/aromatic N) is 1. The molecule has 0 atom stereocenters. The minimum absolute atomic E-state index is 0.0372. The third-order valence-corrected chi connectivity index (χ3v) is 5.52. The molecule has 2 amide bonds. The third kappa shape index (κ3) is 5.46. The summed E-state index contributed by atoms with van der Waals surface area (Å²) in [5.41, 5.74) is 2.68. The minimum atomic E-state index is -0.225. The number of thiocarbonyl (C=S) groups is 1. The van der Waals surface area contributed by atoms with Crippen LogP contribution in [-0.4, -0.2) is 33.7 Å². The van der Waals surface area contributed by atoms with Gasteiger partial charge in [0.1, 0.15) is 10.1 Å². The Morgan fingerprint density at radius 1 is 1.24 bits per heavy atom. The highest BCUT2D eigenvalue weighted by molar-refractivity contribution is 8.26. The van der Waals surface area contributed by atoms with E-state index in [9.17, 15) is 9.59 Å². The molecule has 7 heteroatoms. The summed E-state index contributed by atoms with van der Waals surface area (Å²) in [5, 5.41) is 2.80. The number of carbonyl (C=O) groups is 2. The van der Waals surface area contributed by atoms with E-state index in [1.54, 1.807) is 17.0 Å². The molecule has 3 rings (SSSR count). The van der Waals surface area contributed by atoms with Crippen LogP contribution in [-0.2, 0) is 9.59 Å². The molecule has 0 radical (unpaired) electrons. The molecule has 0 saturated carbocycles. The van der Waals surface area contributed by atoms with Crippen molar-refractivity contribution in [2.75, 3.05) is 11.9 Å². The first kappa shape index (κ1) is 21.1. The van der Waals surface area contributed by atoms with E-state index >= 15 is 0 Å². The molecule has 2 aromatic carbocycles. The summed E-state index contributed by atoms with van der Waals surface area (Å²) in [6.07, 6.45) is 1.82. The van der Waals surface area contributed by atoms with Gasteiger partial charge in [0, 0.05) is 11.7 Å². The topological polar surface area (TPSA) is 58.6 Å². The van der Waals surface area contributed by atoms with Gasteiger partial charge in [-0.3, -0.25) is 14.5 Å². The molecule has 0 bridgehead atoms. The fourth-order valence-corrected chi connectivity index (χ4v) is 4.33. The fourth-order valence-electron chi connectivity index (χ4n) is 2.81. The molecule has 5 nitrogen and oxygen atoms in total. The molecular formula is C22H22N2O3S2. The SMILES string of the molecule is Cc1cccc(NC(=O)COc2ccc(/C=C3\SC(=S)N(C(C)C)C3=O)cc2)c1. The molecule has 1 fully saturated rings. The van der Waals surface area contributed by atoms with E-state index in [2.05, 4.69) is 5.32 Å². The number of hydrogen-bond acceptors (Lipinski definition) is 5. The number of rotatable bonds is 6. The zero-order valence-corrected chi connectivity index (χ0v) is 18.1. The van der Waals surface area contributed by atoms with E-state index in [1.165, 1.54) is 11.8 Å². The maximum atomic E-state index is 12.5. The van der Waals surface area contributed by atoms with E-state index in [-0.39, 0.29) is 24.5 Å². The largest absolute Gasteiger partial charge is 0.484 e. The highest BCUT2D eigenvalue weighted by Gasteiger charge is 2.33. The molecule has 1 aliphatic rings. The Hall–Kier alpha value is -2.64. The van der Waals surface area contributed by atoms with Crippen LogP contribution in [0.2, 0.25) is 0 Å². The van der Waals surface area contributed by atoms with Crippen molar-refractivity contribution in [3.63, 3.8) is 0 Å². The highest BCUT2D eigenvalue weighted by atomic mass is 32.2. The number of thioether (sulfide) groups is 1. The van der Waals surface area contributed by atoms with Crippen LogP contribution >= 0.6 is 24.0 Å². The van der Waals surface area contributed by atoms with Crippen molar-refractivity contribution >= 4 is 51.9 Å². The molecular weight excluding hydrogens is 404 g/mol. The van der Waals surface area contributed by atoms with Gasteiger partial charge in [0.25, 0.3) is 11.8 Å². The predicted octanol–water partition coefficient (Wildman–Crippen LogP) is 4.62. The normalized spacial score (nSPS) is 15.3. The second kappa shape index (κ2) is 9.24. The average molecular weight is 427 g/mol. The van der Waals surface area contributed by atoms with Crippen molar-refractivity contribution < 1.29 is 14.3 Å². The molecule has 150 valence electrons. The van der Waals surface area contributed by atoms with Gasteiger partial charge < -0.3 is 10.1 Å². The summed E-state index contributed by atoms with van der Waals surface area (Å²) in [4.78, 5) is 26.7. The zero-order valence-electron chi connectivity index (χ0n) is 16.5. The standard InChI is InChI=1S/C22H22N2O3S2/c1-14(2)24-21(26)19(29-22(24)28)12-16-7-9-18(10-8-16)27-13-20(25)23-17-6-4-5-15(3)11-17/h4-12,14H,13H2,1-3H3,(H,23,25)/b19-12-. The lowest BCUT2D eigenvalue weighted by Crippen LogP contribution is -2.34. The van der Waals surface area contributed by atoms with Crippen molar-refractivity contribution in [3.05, 3.63) is 64.6 Å². The average Bonchev–Trinajstić information content (AvgIpc) is 2.94. The Morgan fingerprint density at radius 2 is 1.97 bits per heavy atom. The minimum Gasteiger partial charge on any atom is -0.484 e. The number of anilines is 1. The first-order valence-corrected chi connectivity index (χ1v) is 10.4. The molecule has 29 heavy (non-hydrogen) atoms. The first-order chi connectivity index (χ1) is 13.8. The maximum absolute atomic E-state index is 12.5. The summed E-state index contributed by atoms with van der Waals surface area (Å²) < 4.78 is 6.13. The van der Waals surface area contributed by atoms with Gasteiger partial charge >= 0.3 is 0 Å². The van der Waals surface area contributed by atoms with E-state index in [4.69, 9.17) is 17.0 Å². The molecule has 1 saturated heterocycles. The molecule has 2 aromatic rings. The van der Waals surface area contributed by atoms with E-state index < -0.39 is 0 Å². The molecule has 0 aliphatic carbocycles. The van der Waals surface area contributed by atoms with Gasteiger partial charge in [0.15, 0.2) is 6.61 Å². The zero-order chi connectivity index (χ0) is 21.0. The summed E-state index contributed by atoms with van der Waals surface area (Å²) in [7, 11) is 0. The van der Waals surface area contributed by atoms with Gasteiger partial charge in [-0.25, -0.2) is 0 Å². The summed E-state index contributed by atoms with van der Waals surface area (Å²) in [6, 6.07) is 14.9. The van der Waals surface area contributed by atoms with Crippen molar-refractivity contribution in [2.24, 2.45) is 0 Å². The Balaban J connectivity index is 1.57. The van der Waals surface area contributed by atoms with Crippen LogP contribution in [0.5, 0.6) is 5.75 Å². The van der Waals surface area contributed by atoms with Crippen molar-refractivity contribution in [2.45, 2.75) is 26.8 Å². The second-order valence-electron chi connectivity index (χ2n) is 6.92. The van der Waals surface area contributed by atoms with Gasteiger partial charge in [-0.15, -0.1) is 0 Å². The number of ether oxygens (including phenoxy) is 1. The van der Waals surface area contributed by atoms with E-state index in [1.807, 2.05) is 63.2 Å². The van der Waals surface area contributed by atoms with Crippen molar-refractivity contribution in [3.8, 4) is 5.75 Å². The number of aryl methyl sites for hydroxylation is 1. The summed E-state index contributed by atoms with van der Waals surface area (Å²) in [5.74, 6) is 0.288. The van der Waals surface area contributed by atoms with Gasteiger partial charge in [-0.1, -0.05) is 48.2 Å². The number of benzene rings is 2. The number of hydrogen-bond donors (Lipinski definition) is 1. The molecule has 0 aromatic heterocycles. The number of nitrogens with one attached hydrogen (secondary N) is 1. The Morgan fingerprint density at radius 3 is 2.59 bits per heavy atom. The van der Waals surface area contributed by atoms with Crippen LogP contribution in [0.3, 0.4) is 0 Å². The summed E-state index contributed by atoms with van der Waals surface area (Å²) >= 11 is 6.60. The lowest BCUT2D eigenvalue weighted by molar-refractivity contribution is -0.123. The molecule has 0 spiro atoms. The number of carbonyl (C=O) groups excluding carboxylic acids is 2. The van der Waals surface area contributed by atoms with Gasteiger partial charge in [-0.2, -0.15) is 0 Å². The van der Waals surface area contributed by atoms with Crippen molar-refractivity contribution in [1.29, 1.82) is 0 Å². The summed E-state index contributed by atoms with van der Waals surface area (Å²) in [6.45, 7) is 5.76. The monoisotopic (exact) mass is 426 g/mol. The van der Waals surface area contributed by atoms with Crippen LogP contribution < -0.4 is 10.1 Å². The molecule has 0 unspecified atom stereocenters. The predicted molar refractivity (Wildman–Crippen MR) is 122 cm³/mol. The van der Waals surface area contributed by atoms with Crippen LogP contribution in [0.25, 0.3) is 6.08 Å². The lowest BCUT2D eigenvalue weighted by atomic mass is 10.2. The Kier molecular flexibility index (Phi) is 6.71. The van der Waals surface area contributed by atoms with E-state index in [0.29, 0.717) is 15.0 Å². The molecule has 1 aliphatic heterocycles. The Labute approximate surface area is 180 Å². The third-order valence-electron chi connectivity index (χ3n) is 4.19. The van der Waals surface area contributed by atoms with Crippen molar-refractivity contribution in [1.82, 2.24) is 4.90 Å². The fraction of sp³-hybridized carbons (Fsp3) is 0.227. The first-order valence-electron chi connectivity index (χ1n) is 9.20.